The molecule has 0 saturated carbocycles. The van der Waals surface area contributed by atoms with E-state index in [1.54, 1.807) is 33.9 Å². The second kappa shape index (κ2) is 8.21. The molecule has 1 aliphatic rings. The molecule has 37 heavy (non-hydrogen) atoms. The van der Waals surface area contributed by atoms with Crippen molar-refractivity contribution in [3.63, 3.8) is 0 Å². The second-order valence-corrected chi connectivity index (χ2v) is 9.13. The van der Waals surface area contributed by atoms with Crippen molar-refractivity contribution in [3.05, 3.63) is 113 Å². The smallest absolute Gasteiger partial charge is 0.230 e. The van der Waals surface area contributed by atoms with Crippen molar-refractivity contribution in [3.8, 4) is 28.8 Å². The van der Waals surface area contributed by atoms with E-state index in [4.69, 9.17) is 26.4 Å². The molecule has 7 rings (SSSR count). The van der Waals surface area contributed by atoms with Crippen LogP contribution in [0.5, 0.6) is 11.8 Å². The summed E-state index contributed by atoms with van der Waals surface area (Å²) in [6, 6.07) is 17.4. The molecule has 0 N–H and O–H groups in total. The summed E-state index contributed by atoms with van der Waals surface area (Å²) in [4.78, 5) is 13.8. The van der Waals surface area contributed by atoms with Crippen LogP contribution in [-0.2, 0) is 0 Å². The third-order valence-corrected chi connectivity index (χ3v) is 6.63. The van der Waals surface area contributed by atoms with Gasteiger partial charge in [0.15, 0.2) is 11.5 Å². The van der Waals surface area contributed by atoms with E-state index < -0.39 is 0 Å². The Hall–Kier alpha value is -4.63. The number of benzene rings is 2. The van der Waals surface area contributed by atoms with Gasteiger partial charge < -0.3 is 4.74 Å². The van der Waals surface area contributed by atoms with Gasteiger partial charge >= 0.3 is 0 Å². The van der Waals surface area contributed by atoms with E-state index in [0.717, 1.165) is 28.1 Å². The van der Waals surface area contributed by atoms with E-state index in [1.165, 1.54) is 12.1 Å². The third-order valence-electron chi connectivity index (χ3n) is 6.39. The zero-order valence-electron chi connectivity index (χ0n) is 19.4. The molecule has 5 heterocycles. The Labute approximate surface area is 215 Å². The summed E-state index contributed by atoms with van der Waals surface area (Å²) in [7, 11) is 0. The zero-order chi connectivity index (χ0) is 25.1. The SMILES string of the molecule is Cc1nn(-c2cccc(Cl)c2)c2c1[C@@H](c1cccnc1)c1c(ncn3nc(-c4ccc(F)cc4)nc13)O2. The van der Waals surface area contributed by atoms with Crippen LogP contribution in [0.3, 0.4) is 0 Å². The molecule has 4 aromatic heterocycles. The summed E-state index contributed by atoms with van der Waals surface area (Å²) in [5, 5.41) is 10.0. The van der Waals surface area contributed by atoms with Crippen molar-refractivity contribution in [2.24, 2.45) is 0 Å². The van der Waals surface area contributed by atoms with Crippen molar-refractivity contribution in [2.45, 2.75) is 12.8 Å². The molecule has 180 valence electrons. The van der Waals surface area contributed by atoms with Crippen molar-refractivity contribution in [1.29, 1.82) is 0 Å². The number of pyridine rings is 1. The molecular weight excluding hydrogens is 493 g/mol. The van der Waals surface area contributed by atoms with Gasteiger partial charge in [-0.2, -0.15) is 5.10 Å². The lowest BCUT2D eigenvalue weighted by atomic mass is 9.85. The average molecular weight is 510 g/mol. The quantitative estimate of drug-likeness (QED) is 0.301. The molecule has 8 nitrogen and oxygen atoms in total. The van der Waals surface area contributed by atoms with Crippen molar-refractivity contribution >= 4 is 17.2 Å². The summed E-state index contributed by atoms with van der Waals surface area (Å²) in [6.45, 7) is 1.94. The van der Waals surface area contributed by atoms with E-state index in [2.05, 4.69) is 15.1 Å². The van der Waals surface area contributed by atoms with E-state index >= 15 is 0 Å². The number of fused-ring (bicyclic) bond motifs is 4. The Kier molecular flexibility index (Phi) is 4.80. The molecule has 10 heteroatoms. The Morgan fingerprint density at radius 1 is 1.00 bits per heavy atom. The first-order valence-corrected chi connectivity index (χ1v) is 11.9. The molecule has 0 unspecified atom stereocenters. The van der Waals surface area contributed by atoms with E-state index in [0.29, 0.717) is 33.8 Å². The van der Waals surface area contributed by atoms with E-state index in [-0.39, 0.29) is 11.7 Å². The van der Waals surface area contributed by atoms with Gasteiger partial charge in [-0.15, -0.1) is 5.10 Å². The van der Waals surface area contributed by atoms with Crippen molar-refractivity contribution in [1.82, 2.24) is 34.3 Å². The lowest BCUT2D eigenvalue weighted by molar-refractivity contribution is 0.402. The van der Waals surface area contributed by atoms with E-state index in [9.17, 15) is 4.39 Å². The number of nitrogens with zero attached hydrogens (tertiary/aromatic N) is 7. The Balaban J connectivity index is 1.48. The Morgan fingerprint density at radius 2 is 1.86 bits per heavy atom. The second-order valence-electron chi connectivity index (χ2n) is 8.69. The number of hydrogen-bond donors (Lipinski definition) is 0. The summed E-state index contributed by atoms with van der Waals surface area (Å²) in [6.07, 6.45) is 5.11. The predicted molar refractivity (Wildman–Crippen MR) is 135 cm³/mol. The Morgan fingerprint density at radius 3 is 2.65 bits per heavy atom. The summed E-state index contributed by atoms with van der Waals surface area (Å²) >= 11 is 6.28. The maximum Gasteiger partial charge on any atom is 0.230 e. The number of hydrogen-bond acceptors (Lipinski definition) is 6. The first-order chi connectivity index (χ1) is 18.1. The fourth-order valence-corrected chi connectivity index (χ4v) is 4.95. The van der Waals surface area contributed by atoms with Crippen molar-refractivity contribution in [2.75, 3.05) is 0 Å². The minimum atomic E-state index is -0.323. The molecule has 0 amide bonds. The first kappa shape index (κ1) is 21.6. The highest BCUT2D eigenvalue weighted by molar-refractivity contribution is 6.30. The number of aryl methyl sites for hydroxylation is 1. The van der Waals surface area contributed by atoms with Crippen molar-refractivity contribution < 1.29 is 9.13 Å². The molecule has 0 fully saturated rings. The van der Waals surface area contributed by atoms with Gasteiger partial charge in [0.2, 0.25) is 11.8 Å². The highest BCUT2D eigenvalue weighted by Crippen LogP contribution is 2.49. The average Bonchev–Trinajstić information content (AvgIpc) is 3.50. The number of rotatable bonds is 3. The molecule has 0 spiro atoms. The van der Waals surface area contributed by atoms with Gasteiger partial charge in [-0.3, -0.25) is 4.98 Å². The van der Waals surface area contributed by atoms with E-state index in [1.807, 2.05) is 49.5 Å². The van der Waals surface area contributed by atoms with Gasteiger partial charge in [-0.25, -0.2) is 23.6 Å². The maximum atomic E-state index is 13.5. The topological polar surface area (TPSA) is 83.0 Å². The highest BCUT2D eigenvalue weighted by atomic mass is 35.5. The standard InChI is InChI=1S/C27H17ClFN7O/c1-15-21-22(17-4-3-11-30-13-17)23-25-32-24(16-7-9-19(29)10-8-16)34-35(25)14-31-26(23)37-27(21)36(33-15)20-6-2-5-18(28)12-20/h2-14,22H,1H3/t22-/m1/s1. The molecule has 0 aliphatic carbocycles. The number of ether oxygens (including phenoxy) is 1. The molecule has 0 saturated heterocycles. The summed E-state index contributed by atoms with van der Waals surface area (Å²) < 4.78 is 23.3. The molecule has 1 aliphatic heterocycles. The zero-order valence-corrected chi connectivity index (χ0v) is 20.1. The lowest BCUT2D eigenvalue weighted by Crippen LogP contribution is -2.16. The van der Waals surface area contributed by atoms with Crippen LogP contribution in [0.15, 0.2) is 79.4 Å². The molecule has 0 bridgehead atoms. The maximum absolute atomic E-state index is 13.5. The Bertz CT molecular complexity index is 1800. The van der Waals surface area contributed by atoms with Crippen LogP contribution in [0.25, 0.3) is 22.7 Å². The minimum absolute atomic E-state index is 0.318. The van der Waals surface area contributed by atoms with Crippen LogP contribution >= 0.6 is 11.6 Å². The van der Waals surface area contributed by atoms with Crippen LogP contribution in [0.4, 0.5) is 4.39 Å². The summed E-state index contributed by atoms with van der Waals surface area (Å²) in [5.74, 6) is 0.766. The number of aromatic nitrogens is 7. The van der Waals surface area contributed by atoms with Gasteiger partial charge in [-0.05, 0) is 61.0 Å². The van der Waals surface area contributed by atoms with Gasteiger partial charge in [-0.1, -0.05) is 23.7 Å². The van der Waals surface area contributed by atoms with Gasteiger partial charge in [0.25, 0.3) is 0 Å². The minimum Gasteiger partial charge on any atom is -0.420 e. The van der Waals surface area contributed by atoms with Crippen LogP contribution in [0.1, 0.15) is 28.3 Å². The first-order valence-electron chi connectivity index (χ1n) is 11.5. The largest absolute Gasteiger partial charge is 0.420 e. The summed E-state index contributed by atoms with van der Waals surface area (Å²) in [5.41, 5.74) is 5.39. The fourth-order valence-electron chi connectivity index (χ4n) is 4.76. The predicted octanol–water partition coefficient (Wildman–Crippen LogP) is 5.76. The number of halogens is 2. The van der Waals surface area contributed by atoms with Gasteiger partial charge in [0.1, 0.15) is 12.1 Å². The molecule has 0 radical (unpaired) electrons. The van der Waals surface area contributed by atoms with Crippen LogP contribution < -0.4 is 4.74 Å². The third kappa shape index (κ3) is 3.47. The fraction of sp³-hybridized carbons (Fsp3) is 0.0741. The molecule has 2 aromatic carbocycles. The van der Waals surface area contributed by atoms with Crippen LogP contribution in [0.2, 0.25) is 5.02 Å². The monoisotopic (exact) mass is 509 g/mol. The lowest BCUT2D eigenvalue weighted by Gasteiger charge is -2.26. The van der Waals surface area contributed by atoms with Gasteiger partial charge in [0.05, 0.1) is 28.4 Å². The van der Waals surface area contributed by atoms with Crippen LogP contribution in [-0.4, -0.2) is 34.3 Å². The van der Waals surface area contributed by atoms with Crippen LogP contribution in [0, 0.1) is 12.7 Å². The highest BCUT2D eigenvalue weighted by Gasteiger charge is 2.38. The molecule has 1 atom stereocenters. The molecule has 6 aromatic rings. The normalized spacial score (nSPS) is 14.3. The molecular formula is C27H17ClFN7O. The van der Waals surface area contributed by atoms with Gasteiger partial charge in [0, 0.05) is 23.0 Å².